The Kier molecular flexibility index (Phi) is 9.38. The van der Waals surface area contributed by atoms with Gasteiger partial charge in [0.25, 0.3) is 0 Å². The molecule has 0 saturated carbocycles. The first kappa shape index (κ1) is 19.2. The van der Waals surface area contributed by atoms with E-state index in [-0.39, 0.29) is 13.2 Å². The lowest BCUT2D eigenvalue weighted by atomic mass is 10.1. The van der Waals surface area contributed by atoms with Crippen LogP contribution in [0.5, 0.6) is 11.5 Å². The second kappa shape index (κ2) is 11.7. The number of phenols is 2. The van der Waals surface area contributed by atoms with E-state index in [0.717, 1.165) is 11.1 Å². The molecule has 3 aromatic rings. The fourth-order valence-corrected chi connectivity index (χ4v) is 1.72. The highest BCUT2D eigenvalue weighted by Gasteiger charge is 1.95. The third kappa shape index (κ3) is 7.98. The standard InChI is InChI=1S/C8H10O2.2C6H6O/c9-5-7-3-1-2-4-8(7)6-10;2*7-6-4-2-1-3-5-6/h1-4,9-10H,5-6H2;2*1-5,7H. The highest BCUT2D eigenvalue weighted by atomic mass is 16.3. The first-order valence-corrected chi connectivity index (χ1v) is 7.44. The van der Waals surface area contributed by atoms with E-state index in [1.807, 2.05) is 24.3 Å². The minimum atomic E-state index is -0.00324. The van der Waals surface area contributed by atoms with Crippen LogP contribution < -0.4 is 0 Å². The molecule has 4 N–H and O–H groups in total. The molecule has 0 aliphatic heterocycles. The second-order valence-electron chi connectivity index (χ2n) is 4.76. The quantitative estimate of drug-likeness (QED) is 0.581. The van der Waals surface area contributed by atoms with Gasteiger partial charge in [-0.25, -0.2) is 0 Å². The summed E-state index contributed by atoms with van der Waals surface area (Å²) in [5.74, 6) is 0.644. The molecule has 24 heavy (non-hydrogen) atoms. The molecule has 0 aromatic heterocycles. The maximum atomic E-state index is 8.74. The number of para-hydroxylation sites is 2. The Hall–Kier alpha value is -2.82. The van der Waals surface area contributed by atoms with Gasteiger partial charge in [-0.05, 0) is 35.4 Å². The summed E-state index contributed by atoms with van der Waals surface area (Å²) < 4.78 is 0. The van der Waals surface area contributed by atoms with Crippen molar-refractivity contribution in [2.75, 3.05) is 0 Å². The van der Waals surface area contributed by atoms with Crippen molar-refractivity contribution >= 4 is 0 Å². The second-order valence-corrected chi connectivity index (χ2v) is 4.76. The van der Waals surface area contributed by atoms with Gasteiger partial charge in [0.05, 0.1) is 13.2 Å². The molecule has 0 unspecified atom stereocenters. The maximum absolute atomic E-state index is 8.74. The predicted molar refractivity (Wildman–Crippen MR) is 94.5 cm³/mol. The van der Waals surface area contributed by atoms with Crippen LogP contribution in [-0.4, -0.2) is 20.4 Å². The Balaban J connectivity index is 0.000000185. The smallest absolute Gasteiger partial charge is 0.115 e. The van der Waals surface area contributed by atoms with Crippen LogP contribution in [0.2, 0.25) is 0 Å². The van der Waals surface area contributed by atoms with Crippen LogP contribution in [0.4, 0.5) is 0 Å². The zero-order valence-electron chi connectivity index (χ0n) is 13.3. The van der Waals surface area contributed by atoms with E-state index in [2.05, 4.69) is 0 Å². The summed E-state index contributed by atoms with van der Waals surface area (Å²) in [5, 5.41) is 34.7. The summed E-state index contributed by atoms with van der Waals surface area (Å²) >= 11 is 0. The Bertz CT molecular complexity index is 609. The van der Waals surface area contributed by atoms with Crippen LogP contribution in [0.1, 0.15) is 11.1 Å². The van der Waals surface area contributed by atoms with Crippen molar-refractivity contribution in [1.82, 2.24) is 0 Å². The third-order valence-electron chi connectivity index (χ3n) is 2.97. The van der Waals surface area contributed by atoms with Crippen LogP contribution in [0, 0.1) is 0 Å². The van der Waals surface area contributed by atoms with E-state index in [1.165, 1.54) is 0 Å². The van der Waals surface area contributed by atoms with Gasteiger partial charge in [0.2, 0.25) is 0 Å². The fourth-order valence-electron chi connectivity index (χ4n) is 1.72. The number of hydrogen-bond donors (Lipinski definition) is 4. The average Bonchev–Trinajstić information content (AvgIpc) is 2.64. The van der Waals surface area contributed by atoms with Crippen molar-refractivity contribution in [2.45, 2.75) is 13.2 Å². The molecular formula is C20H22O4. The van der Waals surface area contributed by atoms with Crippen molar-refractivity contribution in [3.63, 3.8) is 0 Å². The van der Waals surface area contributed by atoms with Crippen molar-refractivity contribution in [3.05, 3.63) is 96.1 Å². The van der Waals surface area contributed by atoms with Crippen molar-refractivity contribution in [3.8, 4) is 11.5 Å². The molecule has 4 heteroatoms. The molecule has 126 valence electrons. The van der Waals surface area contributed by atoms with Gasteiger partial charge in [-0.15, -0.1) is 0 Å². The minimum Gasteiger partial charge on any atom is -0.508 e. The number of rotatable bonds is 2. The van der Waals surface area contributed by atoms with Crippen molar-refractivity contribution in [1.29, 1.82) is 0 Å². The lowest BCUT2D eigenvalue weighted by molar-refractivity contribution is 0.260. The summed E-state index contributed by atoms with van der Waals surface area (Å²) in [6.45, 7) is -0.00648. The van der Waals surface area contributed by atoms with E-state index in [4.69, 9.17) is 20.4 Å². The molecule has 0 heterocycles. The normalized spacial score (nSPS) is 9.08. The van der Waals surface area contributed by atoms with Gasteiger partial charge in [0.15, 0.2) is 0 Å². The third-order valence-corrected chi connectivity index (χ3v) is 2.97. The van der Waals surface area contributed by atoms with E-state index < -0.39 is 0 Å². The molecule has 0 aliphatic rings. The van der Waals surface area contributed by atoms with E-state index in [0.29, 0.717) is 11.5 Å². The van der Waals surface area contributed by atoms with Gasteiger partial charge in [0, 0.05) is 0 Å². The average molecular weight is 326 g/mol. The number of aliphatic hydroxyl groups excluding tert-OH is 2. The molecule has 0 aliphatic carbocycles. The summed E-state index contributed by atoms with van der Waals surface area (Å²) in [6.07, 6.45) is 0. The number of aromatic hydroxyl groups is 2. The zero-order chi connectivity index (χ0) is 17.6. The fraction of sp³-hybridized carbons (Fsp3) is 0.100. The SMILES string of the molecule is OCc1ccccc1CO.Oc1ccccc1.Oc1ccccc1. The monoisotopic (exact) mass is 326 g/mol. The molecule has 0 bridgehead atoms. The first-order chi connectivity index (χ1) is 11.7. The zero-order valence-corrected chi connectivity index (χ0v) is 13.3. The molecule has 3 rings (SSSR count). The highest BCUT2D eigenvalue weighted by Crippen LogP contribution is 2.07. The van der Waals surface area contributed by atoms with E-state index in [9.17, 15) is 0 Å². The summed E-state index contributed by atoms with van der Waals surface area (Å²) in [5.41, 5.74) is 1.59. The molecule has 0 amide bonds. The molecule has 4 nitrogen and oxygen atoms in total. The molecule has 0 radical (unpaired) electrons. The van der Waals surface area contributed by atoms with Crippen molar-refractivity contribution in [2.24, 2.45) is 0 Å². The van der Waals surface area contributed by atoms with Gasteiger partial charge in [-0.2, -0.15) is 0 Å². The number of phenolic OH excluding ortho intramolecular Hbond substituents is 2. The van der Waals surface area contributed by atoms with Crippen LogP contribution in [0.25, 0.3) is 0 Å². The Morgan fingerprint density at radius 2 is 0.750 bits per heavy atom. The van der Waals surface area contributed by atoms with Gasteiger partial charge in [0.1, 0.15) is 11.5 Å². The molecule has 0 atom stereocenters. The molecular weight excluding hydrogens is 304 g/mol. The lowest BCUT2D eigenvalue weighted by Gasteiger charge is -2.01. The predicted octanol–water partition coefficient (Wildman–Crippen LogP) is 3.46. The van der Waals surface area contributed by atoms with Crippen LogP contribution in [0.3, 0.4) is 0 Å². The molecule has 0 fully saturated rings. The summed E-state index contributed by atoms with van der Waals surface area (Å²) in [7, 11) is 0. The van der Waals surface area contributed by atoms with E-state index in [1.54, 1.807) is 60.7 Å². The summed E-state index contributed by atoms with van der Waals surface area (Å²) in [4.78, 5) is 0. The van der Waals surface area contributed by atoms with Gasteiger partial charge in [-0.1, -0.05) is 60.7 Å². The lowest BCUT2D eigenvalue weighted by Crippen LogP contribution is -1.91. The summed E-state index contributed by atoms with van der Waals surface area (Å²) in [6, 6.07) is 24.7. The molecule has 3 aromatic carbocycles. The Morgan fingerprint density at radius 1 is 0.458 bits per heavy atom. The number of aliphatic hydroxyl groups is 2. The van der Waals surface area contributed by atoms with Gasteiger partial charge in [-0.3, -0.25) is 0 Å². The molecule has 0 saturated heterocycles. The Labute approximate surface area is 141 Å². The van der Waals surface area contributed by atoms with Crippen LogP contribution in [-0.2, 0) is 13.2 Å². The maximum Gasteiger partial charge on any atom is 0.115 e. The van der Waals surface area contributed by atoms with Crippen molar-refractivity contribution < 1.29 is 20.4 Å². The number of hydrogen-bond acceptors (Lipinski definition) is 4. The minimum absolute atomic E-state index is 0.00324. The van der Waals surface area contributed by atoms with Gasteiger partial charge < -0.3 is 20.4 Å². The van der Waals surface area contributed by atoms with Crippen LogP contribution >= 0.6 is 0 Å². The van der Waals surface area contributed by atoms with Crippen LogP contribution in [0.15, 0.2) is 84.9 Å². The number of benzene rings is 3. The highest BCUT2D eigenvalue weighted by molar-refractivity contribution is 5.25. The van der Waals surface area contributed by atoms with E-state index >= 15 is 0 Å². The first-order valence-electron chi connectivity index (χ1n) is 7.44. The van der Waals surface area contributed by atoms with Gasteiger partial charge >= 0.3 is 0 Å². The topological polar surface area (TPSA) is 80.9 Å². The largest absolute Gasteiger partial charge is 0.508 e. The molecule has 0 spiro atoms. The Morgan fingerprint density at radius 3 is 0.958 bits per heavy atom.